The summed E-state index contributed by atoms with van der Waals surface area (Å²) < 4.78 is 24.6. The zero-order valence-electron chi connectivity index (χ0n) is 16.8. The first-order chi connectivity index (χ1) is 13.8. The summed E-state index contributed by atoms with van der Waals surface area (Å²) in [6.07, 6.45) is 4.17. The molecule has 1 aliphatic heterocycles. The molecule has 9 heteroatoms. The maximum atomic E-state index is 13.7. The van der Waals surface area contributed by atoms with Crippen LogP contribution in [0.25, 0.3) is 0 Å². The Morgan fingerprint density at radius 2 is 1.90 bits per heavy atom. The van der Waals surface area contributed by atoms with E-state index in [-0.39, 0.29) is 54.2 Å². The minimum absolute atomic E-state index is 0.00993. The van der Waals surface area contributed by atoms with Crippen molar-refractivity contribution in [2.24, 2.45) is 5.41 Å². The largest absolute Gasteiger partial charge is 0.380 e. The molecule has 3 N–H and O–H groups in total. The minimum atomic E-state index is -1.08. The van der Waals surface area contributed by atoms with E-state index in [0.29, 0.717) is 32.1 Å². The smallest absolute Gasteiger partial charge is 0.246 e. The third kappa shape index (κ3) is 4.40. The van der Waals surface area contributed by atoms with Crippen molar-refractivity contribution in [2.45, 2.75) is 86.8 Å². The molecule has 0 aromatic carbocycles. The van der Waals surface area contributed by atoms with Gasteiger partial charge in [-0.1, -0.05) is 0 Å². The molecule has 5 rings (SSSR count). The molecule has 0 radical (unpaired) electrons. The van der Waals surface area contributed by atoms with Crippen LogP contribution in [-0.4, -0.2) is 67.5 Å². The zero-order valence-corrected chi connectivity index (χ0v) is 17.6. The van der Waals surface area contributed by atoms with Gasteiger partial charge in [0.2, 0.25) is 11.8 Å². The lowest BCUT2D eigenvalue weighted by molar-refractivity contribution is -0.185. The van der Waals surface area contributed by atoms with Crippen molar-refractivity contribution in [3.05, 3.63) is 0 Å². The molecule has 1 heterocycles. The van der Waals surface area contributed by atoms with Gasteiger partial charge >= 0.3 is 0 Å². The van der Waals surface area contributed by atoms with E-state index in [9.17, 15) is 14.0 Å². The number of carbonyl (C=O) groups excluding carboxylic acids is 2. The number of amides is 2. The molecule has 5 atom stereocenters. The number of carbonyl (C=O) groups is 2. The van der Waals surface area contributed by atoms with Crippen LogP contribution in [0, 0.1) is 5.41 Å². The fourth-order valence-corrected chi connectivity index (χ4v) is 5.58. The average Bonchev–Trinajstić information content (AvgIpc) is 2.65. The van der Waals surface area contributed by atoms with Crippen LogP contribution in [-0.2, 0) is 19.1 Å². The summed E-state index contributed by atoms with van der Waals surface area (Å²) in [6.45, 7) is 0.669. The van der Waals surface area contributed by atoms with Gasteiger partial charge in [-0.15, -0.1) is 11.6 Å². The number of nitrogens with one attached hydrogen (secondary N) is 3. The van der Waals surface area contributed by atoms with Crippen LogP contribution in [0.15, 0.2) is 0 Å². The van der Waals surface area contributed by atoms with Gasteiger partial charge in [0, 0.05) is 25.6 Å². The highest BCUT2D eigenvalue weighted by Crippen LogP contribution is 2.67. The molecule has 0 spiro atoms. The Bertz CT molecular complexity index is 623. The van der Waals surface area contributed by atoms with Crippen LogP contribution in [0.1, 0.15) is 51.4 Å². The van der Waals surface area contributed by atoms with Crippen LogP contribution < -0.4 is 16.0 Å². The second kappa shape index (κ2) is 8.29. The highest BCUT2D eigenvalue weighted by Gasteiger charge is 2.72. The Hall–Kier alpha value is -0.960. The Labute approximate surface area is 175 Å². The van der Waals surface area contributed by atoms with E-state index in [2.05, 4.69) is 16.0 Å². The molecule has 1 saturated heterocycles. The van der Waals surface area contributed by atoms with Gasteiger partial charge < -0.3 is 20.1 Å². The fraction of sp³-hybridized carbons (Fsp3) is 0.900. The van der Waals surface area contributed by atoms with Crippen molar-refractivity contribution in [1.29, 1.82) is 0 Å². The summed E-state index contributed by atoms with van der Waals surface area (Å²) in [4.78, 5) is 24.9. The van der Waals surface area contributed by atoms with Gasteiger partial charge in [-0.3, -0.25) is 14.9 Å². The molecule has 4 saturated carbocycles. The first-order valence-corrected chi connectivity index (χ1v) is 11.0. The molecule has 164 valence electrons. The van der Waals surface area contributed by atoms with E-state index >= 15 is 0 Å². The lowest BCUT2D eigenvalue weighted by atomic mass is 9.39. The molecule has 0 aromatic heterocycles. The minimum Gasteiger partial charge on any atom is -0.380 e. The number of halogens is 2. The number of hydrogen-bond acceptors (Lipinski definition) is 5. The van der Waals surface area contributed by atoms with Crippen LogP contribution >= 0.6 is 11.6 Å². The Balaban J connectivity index is 1.14. The Morgan fingerprint density at radius 3 is 2.52 bits per heavy atom. The Morgan fingerprint density at radius 1 is 1.17 bits per heavy atom. The van der Waals surface area contributed by atoms with Crippen molar-refractivity contribution >= 4 is 23.4 Å². The average molecular weight is 432 g/mol. The maximum Gasteiger partial charge on any atom is 0.246 e. The lowest BCUT2D eigenvalue weighted by Gasteiger charge is -2.69. The van der Waals surface area contributed by atoms with Crippen LogP contribution in [0.4, 0.5) is 4.39 Å². The van der Waals surface area contributed by atoms with Crippen molar-refractivity contribution < 1.29 is 23.5 Å². The number of hydrogen-bond donors (Lipinski definition) is 3. The van der Waals surface area contributed by atoms with Crippen molar-refractivity contribution in [2.75, 3.05) is 20.3 Å². The van der Waals surface area contributed by atoms with E-state index in [1.807, 2.05) is 0 Å². The predicted molar refractivity (Wildman–Crippen MR) is 105 cm³/mol. The number of methoxy groups -OCH3 is 1. The summed E-state index contributed by atoms with van der Waals surface area (Å²) in [6, 6.07) is 0. The molecule has 7 nitrogen and oxygen atoms in total. The van der Waals surface area contributed by atoms with Crippen LogP contribution in [0.5, 0.6) is 0 Å². The van der Waals surface area contributed by atoms with Crippen LogP contribution in [0.3, 0.4) is 0 Å². The first kappa shape index (κ1) is 21.3. The van der Waals surface area contributed by atoms with E-state index < -0.39 is 11.5 Å². The second-order valence-electron chi connectivity index (χ2n) is 9.29. The molecule has 2 amide bonds. The second-order valence-corrected chi connectivity index (χ2v) is 9.85. The number of rotatable bonds is 7. The highest BCUT2D eigenvalue weighted by molar-refractivity contribution is 6.21. The predicted octanol–water partition coefficient (Wildman–Crippen LogP) is 1.38. The van der Waals surface area contributed by atoms with E-state index in [0.717, 1.165) is 19.4 Å². The number of ether oxygens (including phenoxy) is 2. The van der Waals surface area contributed by atoms with Gasteiger partial charge in [-0.25, -0.2) is 4.39 Å². The molecule has 5 unspecified atom stereocenters. The molecule has 4 aliphatic carbocycles. The Kier molecular flexibility index (Phi) is 6.08. The number of alkyl halides is 2. The molecular formula is C20H31ClFN3O4. The van der Waals surface area contributed by atoms with Gasteiger partial charge in [0.1, 0.15) is 12.8 Å². The van der Waals surface area contributed by atoms with Crippen molar-refractivity contribution in [1.82, 2.24) is 16.0 Å². The molecule has 2 bridgehead atoms. The van der Waals surface area contributed by atoms with Gasteiger partial charge in [-0.05, 0) is 44.9 Å². The lowest BCUT2D eigenvalue weighted by Crippen LogP contribution is -2.79. The monoisotopic (exact) mass is 431 g/mol. The molecule has 0 aromatic rings. The van der Waals surface area contributed by atoms with E-state index in [4.69, 9.17) is 21.1 Å². The molecular weight excluding hydrogens is 401 g/mol. The van der Waals surface area contributed by atoms with Gasteiger partial charge in [0.15, 0.2) is 0 Å². The normalized spacial score (nSPS) is 43.6. The summed E-state index contributed by atoms with van der Waals surface area (Å²) in [5, 5.41) is 8.98. The van der Waals surface area contributed by atoms with E-state index in [1.54, 1.807) is 7.11 Å². The molecule has 5 aliphatic rings. The highest BCUT2D eigenvalue weighted by atomic mass is 35.5. The molecule has 5 fully saturated rings. The standard InChI is InChI=1S/C20H31ClFN3O4/c1-28-13-3-5-16(23-7-13)24-18(27)19-9-20(10-19,11-19)25-17(26)8-29-12-2-4-14(21)15(22)6-12/h12-16,23H,2-11H2,1H3,(H,24,27)(H,25,26). The zero-order chi connectivity index (χ0) is 20.6. The topological polar surface area (TPSA) is 88.7 Å². The van der Waals surface area contributed by atoms with Crippen molar-refractivity contribution in [3.8, 4) is 0 Å². The SMILES string of the molecule is COC1CCC(NC(=O)C23CC(NC(=O)COC4CCC(Cl)C(F)C4)(C2)C3)NC1. The van der Waals surface area contributed by atoms with Gasteiger partial charge in [0.05, 0.1) is 29.2 Å². The van der Waals surface area contributed by atoms with Crippen LogP contribution in [0.2, 0.25) is 0 Å². The van der Waals surface area contributed by atoms with E-state index in [1.165, 1.54) is 0 Å². The fourth-order valence-electron chi connectivity index (χ4n) is 5.35. The van der Waals surface area contributed by atoms with Crippen molar-refractivity contribution in [3.63, 3.8) is 0 Å². The van der Waals surface area contributed by atoms with Gasteiger partial charge in [0.25, 0.3) is 0 Å². The quantitative estimate of drug-likeness (QED) is 0.530. The molecule has 29 heavy (non-hydrogen) atoms. The number of piperidine rings is 1. The summed E-state index contributed by atoms with van der Waals surface area (Å²) in [5.74, 6) is -0.119. The third-order valence-electron chi connectivity index (χ3n) is 7.02. The summed E-state index contributed by atoms with van der Waals surface area (Å²) in [5.41, 5.74) is -0.608. The first-order valence-electron chi connectivity index (χ1n) is 10.6. The third-order valence-corrected chi connectivity index (χ3v) is 7.51. The maximum absolute atomic E-state index is 13.7. The summed E-state index contributed by atoms with van der Waals surface area (Å²) in [7, 11) is 1.70. The van der Waals surface area contributed by atoms with Gasteiger partial charge in [-0.2, -0.15) is 0 Å². The summed E-state index contributed by atoms with van der Waals surface area (Å²) >= 11 is 5.88.